The second kappa shape index (κ2) is 8.98. The number of carbonyl (C=O) groups is 1. The molecule has 1 aliphatic heterocycles. The lowest BCUT2D eigenvalue weighted by atomic mass is 9.74. The molecule has 6 heteroatoms. The number of aromatic amines is 1. The second-order valence-electron chi connectivity index (χ2n) is 7.57. The minimum atomic E-state index is -0.391. The first kappa shape index (κ1) is 20.6. The van der Waals surface area contributed by atoms with Crippen molar-refractivity contribution < 1.29 is 9.53 Å². The number of benzene rings is 2. The van der Waals surface area contributed by atoms with Crippen LogP contribution < -0.4 is 10.9 Å². The van der Waals surface area contributed by atoms with Gasteiger partial charge in [-0.1, -0.05) is 58.4 Å². The van der Waals surface area contributed by atoms with Gasteiger partial charge in [0.15, 0.2) is 0 Å². The molecule has 30 heavy (non-hydrogen) atoms. The van der Waals surface area contributed by atoms with Gasteiger partial charge in [-0.15, -0.1) is 0 Å². The molecule has 154 valence electrons. The lowest BCUT2D eigenvalue weighted by Crippen LogP contribution is -2.45. The van der Waals surface area contributed by atoms with E-state index in [9.17, 15) is 9.59 Å². The summed E-state index contributed by atoms with van der Waals surface area (Å²) >= 11 is 3.54. The summed E-state index contributed by atoms with van der Waals surface area (Å²) in [6.07, 6.45) is 1.63. The fourth-order valence-electron chi connectivity index (χ4n) is 3.93. The summed E-state index contributed by atoms with van der Waals surface area (Å²) in [5, 5.41) is 3.00. The Bertz CT molecular complexity index is 1090. The zero-order valence-corrected chi connectivity index (χ0v) is 18.1. The fraction of sp³-hybridized carbons (Fsp3) is 0.250. The van der Waals surface area contributed by atoms with Crippen molar-refractivity contribution in [3.8, 4) is 11.3 Å². The molecule has 2 N–H and O–H groups in total. The normalized spacial score (nSPS) is 15.5. The van der Waals surface area contributed by atoms with Crippen LogP contribution in [0.4, 0.5) is 0 Å². The third-order valence-corrected chi connectivity index (χ3v) is 6.21. The molecule has 5 nitrogen and oxygen atoms in total. The van der Waals surface area contributed by atoms with Crippen LogP contribution in [0, 0.1) is 0 Å². The van der Waals surface area contributed by atoms with Gasteiger partial charge in [0, 0.05) is 35.3 Å². The van der Waals surface area contributed by atoms with Gasteiger partial charge in [-0.25, -0.2) is 0 Å². The van der Waals surface area contributed by atoms with Crippen LogP contribution in [0.25, 0.3) is 11.3 Å². The van der Waals surface area contributed by atoms with Crippen LogP contribution in [0.5, 0.6) is 0 Å². The SMILES string of the molecule is O=C(NCC1(c2cccc(Br)c2)CCOCC1)c1ccc(-c2ccccc2)[nH]c1=O. The molecule has 0 atom stereocenters. The van der Waals surface area contributed by atoms with Crippen LogP contribution in [0.3, 0.4) is 0 Å². The molecule has 2 heterocycles. The third-order valence-electron chi connectivity index (χ3n) is 5.71. The van der Waals surface area contributed by atoms with Gasteiger partial charge in [0.1, 0.15) is 5.56 Å². The predicted octanol–water partition coefficient (Wildman–Crippen LogP) is 4.28. The quantitative estimate of drug-likeness (QED) is 0.589. The number of carbonyl (C=O) groups excluding carboxylic acids is 1. The molecule has 3 aromatic rings. The molecule has 0 saturated carbocycles. The van der Waals surface area contributed by atoms with Gasteiger partial charge in [-0.05, 0) is 48.2 Å². The topological polar surface area (TPSA) is 71.2 Å². The van der Waals surface area contributed by atoms with Crippen molar-refractivity contribution in [2.75, 3.05) is 19.8 Å². The van der Waals surface area contributed by atoms with Crippen molar-refractivity contribution in [3.05, 3.63) is 92.7 Å². The monoisotopic (exact) mass is 466 g/mol. The summed E-state index contributed by atoms with van der Waals surface area (Å²) in [7, 11) is 0. The van der Waals surface area contributed by atoms with Gasteiger partial charge < -0.3 is 15.0 Å². The number of rotatable bonds is 5. The molecule has 1 saturated heterocycles. The molecule has 2 aromatic carbocycles. The maximum absolute atomic E-state index is 12.8. The number of pyridine rings is 1. The molecule has 0 aliphatic carbocycles. The number of aromatic nitrogens is 1. The standard InChI is InChI=1S/C24H23BrN2O3/c25-19-8-4-7-18(15-19)24(11-13-30-14-12-24)16-26-22(28)20-9-10-21(27-23(20)29)17-5-2-1-3-6-17/h1-10,15H,11-14,16H2,(H,26,28)(H,27,29). The van der Waals surface area contributed by atoms with E-state index in [2.05, 4.69) is 38.4 Å². The Hall–Kier alpha value is -2.70. The Labute approximate surface area is 183 Å². The highest BCUT2D eigenvalue weighted by Gasteiger charge is 2.35. The summed E-state index contributed by atoms with van der Waals surface area (Å²) < 4.78 is 6.57. The van der Waals surface area contributed by atoms with E-state index < -0.39 is 5.56 Å². The highest BCUT2D eigenvalue weighted by Crippen LogP contribution is 2.35. The Morgan fingerprint density at radius 1 is 1.03 bits per heavy atom. The number of H-pyrrole nitrogens is 1. The molecule has 1 aliphatic rings. The Morgan fingerprint density at radius 2 is 1.80 bits per heavy atom. The van der Waals surface area contributed by atoms with Crippen molar-refractivity contribution in [3.63, 3.8) is 0 Å². The van der Waals surface area contributed by atoms with Crippen LogP contribution in [-0.4, -0.2) is 30.6 Å². The fourth-order valence-corrected chi connectivity index (χ4v) is 4.33. The van der Waals surface area contributed by atoms with E-state index >= 15 is 0 Å². The van der Waals surface area contributed by atoms with Gasteiger partial charge in [-0.2, -0.15) is 0 Å². The summed E-state index contributed by atoms with van der Waals surface area (Å²) in [5.74, 6) is -0.364. The van der Waals surface area contributed by atoms with Gasteiger partial charge >= 0.3 is 0 Å². The van der Waals surface area contributed by atoms with Crippen LogP contribution in [0.15, 0.2) is 76.0 Å². The first-order valence-electron chi connectivity index (χ1n) is 9.98. The zero-order chi connectivity index (χ0) is 21.0. The van der Waals surface area contributed by atoms with Gasteiger partial charge in [-0.3, -0.25) is 9.59 Å². The van der Waals surface area contributed by atoms with E-state index in [0.717, 1.165) is 28.4 Å². The summed E-state index contributed by atoms with van der Waals surface area (Å²) in [5.41, 5.74) is 2.26. The Kier molecular flexibility index (Phi) is 6.16. The summed E-state index contributed by atoms with van der Waals surface area (Å²) in [6.45, 7) is 1.75. The largest absolute Gasteiger partial charge is 0.381 e. The lowest BCUT2D eigenvalue weighted by molar-refractivity contribution is 0.0487. The number of nitrogens with one attached hydrogen (secondary N) is 2. The minimum Gasteiger partial charge on any atom is -0.381 e. The van der Waals surface area contributed by atoms with Crippen LogP contribution in [0.2, 0.25) is 0 Å². The molecular weight excluding hydrogens is 444 g/mol. The van der Waals surface area contributed by atoms with E-state index in [1.54, 1.807) is 12.1 Å². The highest BCUT2D eigenvalue weighted by atomic mass is 79.9. The van der Waals surface area contributed by atoms with Crippen molar-refractivity contribution in [2.24, 2.45) is 0 Å². The van der Waals surface area contributed by atoms with Crippen molar-refractivity contribution in [2.45, 2.75) is 18.3 Å². The van der Waals surface area contributed by atoms with Crippen LogP contribution >= 0.6 is 15.9 Å². The van der Waals surface area contributed by atoms with E-state index in [-0.39, 0.29) is 16.9 Å². The maximum atomic E-state index is 12.8. The number of hydrogen-bond donors (Lipinski definition) is 2. The molecule has 1 fully saturated rings. The molecular formula is C24H23BrN2O3. The van der Waals surface area contributed by atoms with Gasteiger partial charge in [0.25, 0.3) is 11.5 Å². The van der Waals surface area contributed by atoms with E-state index in [1.807, 2.05) is 42.5 Å². The average Bonchev–Trinajstić information content (AvgIpc) is 2.78. The smallest absolute Gasteiger partial charge is 0.261 e. The van der Waals surface area contributed by atoms with Crippen molar-refractivity contribution in [1.29, 1.82) is 0 Å². The molecule has 0 radical (unpaired) electrons. The van der Waals surface area contributed by atoms with E-state index in [1.165, 1.54) is 0 Å². The summed E-state index contributed by atoms with van der Waals surface area (Å²) in [4.78, 5) is 28.2. The number of amides is 1. The van der Waals surface area contributed by atoms with Crippen molar-refractivity contribution >= 4 is 21.8 Å². The molecule has 4 rings (SSSR count). The minimum absolute atomic E-state index is 0.117. The highest BCUT2D eigenvalue weighted by molar-refractivity contribution is 9.10. The first-order chi connectivity index (χ1) is 14.6. The lowest BCUT2D eigenvalue weighted by Gasteiger charge is -2.38. The van der Waals surface area contributed by atoms with E-state index in [4.69, 9.17) is 4.74 Å². The Balaban J connectivity index is 1.53. The predicted molar refractivity (Wildman–Crippen MR) is 121 cm³/mol. The van der Waals surface area contributed by atoms with Gasteiger partial charge in [0.05, 0.1) is 0 Å². The molecule has 1 aromatic heterocycles. The number of halogens is 1. The third kappa shape index (κ3) is 4.40. The second-order valence-corrected chi connectivity index (χ2v) is 8.48. The number of ether oxygens (including phenoxy) is 1. The summed E-state index contributed by atoms with van der Waals surface area (Å²) in [6, 6.07) is 21.1. The molecule has 0 bridgehead atoms. The maximum Gasteiger partial charge on any atom is 0.261 e. The van der Waals surface area contributed by atoms with Gasteiger partial charge in [0.2, 0.25) is 0 Å². The van der Waals surface area contributed by atoms with E-state index in [0.29, 0.717) is 25.5 Å². The first-order valence-corrected chi connectivity index (χ1v) is 10.8. The Morgan fingerprint density at radius 3 is 2.50 bits per heavy atom. The average molecular weight is 467 g/mol. The van der Waals surface area contributed by atoms with Crippen molar-refractivity contribution in [1.82, 2.24) is 10.3 Å². The number of hydrogen-bond acceptors (Lipinski definition) is 3. The molecule has 0 spiro atoms. The molecule has 1 amide bonds. The molecule has 0 unspecified atom stereocenters. The van der Waals surface area contributed by atoms with Crippen LogP contribution in [-0.2, 0) is 10.2 Å². The van der Waals surface area contributed by atoms with Crippen LogP contribution in [0.1, 0.15) is 28.8 Å². The zero-order valence-electron chi connectivity index (χ0n) is 16.5.